The molecule has 0 spiro atoms. The summed E-state index contributed by atoms with van der Waals surface area (Å²) in [6.45, 7) is 0.788. The van der Waals surface area contributed by atoms with E-state index in [1.807, 2.05) is 41.8 Å². The maximum absolute atomic E-state index is 13.2. The minimum absolute atomic E-state index is 0.122. The number of amides is 1. The highest BCUT2D eigenvalue weighted by molar-refractivity contribution is 7.09. The van der Waals surface area contributed by atoms with E-state index in [0.717, 1.165) is 10.4 Å². The molecule has 0 aliphatic heterocycles. The van der Waals surface area contributed by atoms with Gasteiger partial charge in [0, 0.05) is 17.7 Å². The molecule has 0 atom stereocenters. The Morgan fingerprint density at radius 1 is 1.07 bits per heavy atom. The molecular weight excluding hydrogens is 401 g/mol. The predicted octanol–water partition coefficient (Wildman–Crippen LogP) is 3.89. The van der Waals surface area contributed by atoms with Crippen molar-refractivity contribution in [3.63, 3.8) is 0 Å². The highest BCUT2D eigenvalue weighted by atomic mass is 32.1. The Bertz CT molecular complexity index is 1220. The molecule has 0 saturated heterocycles. The van der Waals surface area contributed by atoms with Gasteiger partial charge in [-0.25, -0.2) is 9.37 Å². The number of thiophene rings is 1. The molecule has 2 heterocycles. The van der Waals surface area contributed by atoms with Gasteiger partial charge in [0.2, 0.25) is 5.91 Å². The molecule has 1 N–H and O–H groups in total. The van der Waals surface area contributed by atoms with Crippen LogP contribution in [0.4, 0.5) is 4.39 Å². The predicted molar refractivity (Wildman–Crippen MR) is 116 cm³/mol. The van der Waals surface area contributed by atoms with Gasteiger partial charge in [-0.1, -0.05) is 30.3 Å². The van der Waals surface area contributed by atoms with E-state index in [9.17, 15) is 14.0 Å². The zero-order valence-corrected chi connectivity index (χ0v) is 17.0. The van der Waals surface area contributed by atoms with Gasteiger partial charge in [-0.3, -0.25) is 9.59 Å². The van der Waals surface area contributed by atoms with Crippen LogP contribution < -0.4 is 10.9 Å². The van der Waals surface area contributed by atoms with Gasteiger partial charge in [-0.05, 0) is 41.3 Å². The van der Waals surface area contributed by atoms with Crippen LogP contribution in [0.2, 0.25) is 0 Å². The molecule has 0 fully saturated rings. The van der Waals surface area contributed by atoms with E-state index in [-0.39, 0.29) is 30.1 Å². The minimum atomic E-state index is -0.320. The molecule has 0 bridgehead atoms. The molecule has 0 radical (unpaired) electrons. The fraction of sp³-hybridized carbons (Fsp3) is 0.174. The van der Waals surface area contributed by atoms with E-state index in [1.54, 1.807) is 28.0 Å². The third-order valence-corrected chi connectivity index (χ3v) is 5.68. The standard InChI is InChI=1S/C23H20FN3O2S/c24-17-9-7-16(8-10-17)15-27-21-6-2-1-5-19(21)26-20(23(27)29)11-12-22(28)25-14-18-4-3-13-30-18/h1-10,13H,11-12,14-15H2,(H,25,28). The summed E-state index contributed by atoms with van der Waals surface area (Å²) >= 11 is 1.58. The number of fused-ring (bicyclic) bond motifs is 1. The van der Waals surface area contributed by atoms with Gasteiger partial charge in [0.05, 0.1) is 24.1 Å². The topological polar surface area (TPSA) is 64.0 Å². The first-order valence-electron chi connectivity index (χ1n) is 9.62. The van der Waals surface area contributed by atoms with Crippen LogP contribution in [0, 0.1) is 5.82 Å². The lowest BCUT2D eigenvalue weighted by Gasteiger charge is -2.12. The Kier molecular flexibility index (Phi) is 5.99. The van der Waals surface area contributed by atoms with Crippen molar-refractivity contribution in [1.82, 2.24) is 14.9 Å². The van der Waals surface area contributed by atoms with E-state index in [0.29, 0.717) is 29.8 Å². The largest absolute Gasteiger partial charge is 0.351 e. The van der Waals surface area contributed by atoms with E-state index >= 15 is 0 Å². The van der Waals surface area contributed by atoms with Crippen molar-refractivity contribution < 1.29 is 9.18 Å². The zero-order valence-electron chi connectivity index (χ0n) is 16.2. The first-order chi connectivity index (χ1) is 14.6. The summed E-state index contributed by atoms with van der Waals surface area (Å²) in [6, 6.07) is 17.4. The van der Waals surface area contributed by atoms with Crippen LogP contribution in [0.25, 0.3) is 11.0 Å². The smallest absolute Gasteiger partial charge is 0.273 e. The molecule has 7 heteroatoms. The van der Waals surface area contributed by atoms with Gasteiger partial charge in [0.25, 0.3) is 5.56 Å². The van der Waals surface area contributed by atoms with Gasteiger partial charge in [0.1, 0.15) is 11.5 Å². The van der Waals surface area contributed by atoms with Crippen molar-refractivity contribution in [1.29, 1.82) is 0 Å². The van der Waals surface area contributed by atoms with Crippen molar-refractivity contribution in [2.24, 2.45) is 0 Å². The number of aromatic nitrogens is 2. The van der Waals surface area contributed by atoms with Crippen LogP contribution >= 0.6 is 11.3 Å². The van der Waals surface area contributed by atoms with E-state index in [1.165, 1.54) is 12.1 Å². The van der Waals surface area contributed by atoms with Crippen molar-refractivity contribution in [3.8, 4) is 0 Å². The number of hydrogen-bond acceptors (Lipinski definition) is 4. The minimum Gasteiger partial charge on any atom is -0.351 e. The van der Waals surface area contributed by atoms with Crippen LogP contribution in [-0.4, -0.2) is 15.5 Å². The summed E-state index contributed by atoms with van der Waals surface area (Å²) < 4.78 is 14.9. The quantitative estimate of drug-likeness (QED) is 0.492. The highest BCUT2D eigenvalue weighted by Crippen LogP contribution is 2.14. The summed E-state index contributed by atoms with van der Waals surface area (Å²) in [5, 5.41) is 4.83. The van der Waals surface area contributed by atoms with Crippen LogP contribution in [0.15, 0.2) is 70.8 Å². The number of hydrogen-bond donors (Lipinski definition) is 1. The lowest BCUT2D eigenvalue weighted by atomic mass is 10.1. The zero-order chi connectivity index (χ0) is 20.9. The van der Waals surface area contributed by atoms with Gasteiger partial charge in [0.15, 0.2) is 0 Å². The number of nitrogens with one attached hydrogen (secondary N) is 1. The van der Waals surface area contributed by atoms with E-state index < -0.39 is 0 Å². The van der Waals surface area contributed by atoms with Crippen LogP contribution in [0.1, 0.15) is 22.6 Å². The summed E-state index contributed by atoms with van der Waals surface area (Å²) in [5.41, 5.74) is 2.33. The number of para-hydroxylation sites is 2. The van der Waals surface area contributed by atoms with E-state index in [2.05, 4.69) is 10.3 Å². The number of aryl methyl sites for hydroxylation is 1. The molecule has 30 heavy (non-hydrogen) atoms. The third kappa shape index (κ3) is 4.63. The van der Waals surface area contributed by atoms with Crippen molar-refractivity contribution >= 4 is 28.3 Å². The van der Waals surface area contributed by atoms with Gasteiger partial charge < -0.3 is 9.88 Å². The lowest BCUT2D eigenvalue weighted by Crippen LogP contribution is -2.28. The van der Waals surface area contributed by atoms with E-state index in [4.69, 9.17) is 0 Å². The second kappa shape index (κ2) is 9.00. The number of carbonyl (C=O) groups is 1. The molecular formula is C23H20FN3O2S. The summed E-state index contributed by atoms with van der Waals surface area (Å²) in [7, 11) is 0. The number of benzene rings is 2. The molecule has 0 saturated carbocycles. The Morgan fingerprint density at radius 3 is 2.63 bits per heavy atom. The fourth-order valence-corrected chi connectivity index (χ4v) is 3.90. The fourth-order valence-electron chi connectivity index (χ4n) is 3.26. The number of halogens is 1. The van der Waals surface area contributed by atoms with Gasteiger partial charge in [-0.2, -0.15) is 0 Å². The Morgan fingerprint density at radius 2 is 1.87 bits per heavy atom. The van der Waals surface area contributed by atoms with Crippen molar-refractivity contribution in [3.05, 3.63) is 98.3 Å². The Balaban J connectivity index is 1.55. The molecule has 0 unspecified atom stereocenters. The molecule has 5 nitrogen and oxygen atoms in total. The molecule has 0 aliphatic rings. The average molecular weight is 421 g/mol. The van der Waals surface area contributed by atoms with Crippen molar-refractivity contribution in [2.75, 3.05) is 0 Å². The summed E-state index contributed by atoms with van der Waals surface area (Å²) in [4.78, 5) is 30.9. The van der Waals surface area contributed by atoms with Crippen LogP contribution in [0.3, 0.4) is 0 Å². The first kappa shape index (κ1) is 20.0. The average Bonchev–Trinajstić information content (AvgIpc) is 3.28. The van der Waals surface area contributed by atoms with Gasteiger partial charge >= 0.3 is 0 Å². The normalized spacial score (nSPS) is 11.0. The molecule has 2 aromatic heterocycles. The summed E-state index contributed by atoms with van der Waals surface area (Å²) in [5.74, 6) is -0.442. The number of rotatable bonds is 7. The maximum atomic E-state index is 13.2. The number of carbonyl (C=O) groups excluding carboxylic acids is 1. The molecule has 4 aromatic rings. The second-order valence-electron chi connectivity index (χ2n) is 6.92. The first-order valence-corrected chi connectivity index (χ1v) is 10.5. The number of nitrogens with zero attached hydrogens (tertiary/aromatic N) is 2. The summed E-state index contributed by atoms with van der Waals surface area (Å²) in [6.07, 6.45) is 0.436. The van der Waals surface area contributed by atoms with Gasteiger partial charge in [-0.15, -0.1) is 11.3 Å². The molecule has 2 aromatic carbocycles. The highest BCUT2D eigenvalue weighted by Gasteiger charge is 2.13. The van der Waals surface area contributed by atoms with Crippen LogP contribution in [-0.2, 0) is 24.3 Å². The monoisotopic (exact) mass is 421 g/mol. The molecule has 152 valence electrons. The molecule has 0 aliphatic carbocycles. The Hall–Kier alpha value is -3.32. The van der Waals surface area contributed by atoms with Crippen molar-refractivity contribution in [2.45, 2.75) is 25.9 Å². The SMILES string of the molecule is O=C(CCc1nc2ccccc2n(Cc2ccc(F)cc2)c1=O)NCc1cccs1. The molecule has 4 rings (SSSR count). The lowest BCUT2D eigenvalue weighted by molar-refractivity contribution is -0.121. The Labute approximate surface area is 176 Å². The molecule has 1 amide bonds. The van der Waals surface area contributed by atoms with Crippen LogP contribution in [0.5, 0.6) is 0 Å². The maximum Gasteiger partial charge on any atom is 0.273 e. The third-order valence-electron chi connectivity index (χ3n) is 4.80. The second-order valence-corrected chi connectivity index (χ2v) is 7.95.